The van der Waals surface area contributed by atoms with Crippen molar-refractivity contribution >= 4 is 18.4 Å². The van der Waals surface area contributed by atoms with E-state index in [-0.39, 0.29) is 31.8 Å². The van der Waals surface area contributed by atoms with E-state index in [1.54, 1.807) is 0 Å². The summed E-state index contributed by atoms with van der Waals surface area (Å²) in [6, 6.07) is 0. The minimum atomic E-state index is -2.83. The second-order valence-electron chi connectivity index (χ2n) is 3.34. The molecule has 1 unspecified atom stereocenters. The molecule has 0 aromatic rings. The van der Waals surface area contributed by atoms with Gasteiger partial charge in [0, 0.05) is 18.9 Å². The van der Waals surface area contributed by atoms with Crippen molar-refractivity contribution in [2.24, 2.45) is 5.92 Å². The molecule has 84 valence electrons. The molecule has 1 saturated heterocycles. The van der Waals surface area contributed by atoms with Gasteiger partial charge >= 0.3 is 5.97 Å². The number of aliphatic carboxylic acids is 1. The molecular weight excluding hydrogens is 216 g/mol. The molecular formula is C8H14ClF2NO2. The number of hydrogen-bond donors (Lipinski definition) is 2. The van der Waals surface area contributed by atoms with E-state index >= 15 is 0 Å². The molecule has 1 rings (SSSR count). The molecule has 6 heteroatoms. The summed E-state index contributed by atoms with van der Waals surface area (Å²) in [6.07, 6.45) is -0.459. The van der Waals surface area contributed by atoms with Gasteiger partial charge in [-0.05, 0) is 13.0 Å². The summed E-state index contributed by atoms with van der Waals surface area (Å²) in [5.74, 6) is -4.99. The fourth-order valence-electron chi connectivity index (χ4n) is 1.53. The highest BCUT2D eigenvalue weighted by Crippen LogP contribution is 2.34. The van der Waals surface area contributed by atoms with E-state index in [2.05, 4.69) is 5.32 Å². The van der Waals surface area contributed by atoms with Gasteiger partial charge in [0.1, 0.15) is 0 Å². The maximum Gasteiger partial charge on any atom is 0.303 e. The van der Waals surface area contributed by atoms with Crippen LogP contribution < -0.4 is 5.32 Å². The van der Waals surface area contributed by atoms with Gasteiger partial charge < -0.3 is 10.4 Å². The fraction of sp³-hybridized carbons (Fsp3) is 0.875. The smallest absolute Gasteiger partial charge is 0.303 e. The average Bonchev–Trinajstić information content (AvgIpc) is 2.13. The lowest BCUT2D eigenvalue weighted by Gasteiger charge is -2.22. The lowest BCUT2D eigenvalue weighted by Crippen LogP contribution is -2.30. The zero-order valence-electron chi connectivity index (χ0n) is 7.63. The predicted octanol–water partition coefficient (Wildman–Crippen LogP) is 1.52. The minimum absolute atomic E-state index is 0. The van der Waals surface area contributed by atoms with Crippen LogP contribution in [0, 0.1) is 5.92 Å². The van der Waals surface area contributed by atoms with Gasteiger partial charge in [-0.15, -0.1) is 12.4 Å². The van der Waals surface area contributed by atoms with E-state index in [1.807, 2.05) is 0 Å². The summed E-state index contributed by atoms with van der Waals surface area (Å²) in [5, 5.41) is 11.3. The standard InChI is InChI=1S/C8H13F2NO2.ClH/c9-8(10)2-4-11-3-1-6(8)5-7(12)13;/h6,11H,1-5H2,(H,12,13);1H. The molecule has 1 heterocycles. The number of nitrogens with one attached hydrogen (secondary N) is 1. The normalized spacial score (nSPS) is 26.0. The molecule has 1 aliphatic rings. The van der Waals surface area contributed by atoms with Crippen LogP contribution in [0.4, 0.5) is 8.78 Å². The van der Waals surface area contributed by atoms with Crippen LogP contribution in [-0.2, 0) is 4.79 Å². The molecule has 0 aliphatic carbocycles. The Morgan fingerprint density at radius 3 is 2.71 bits per heavy atom. The van der Waals surface area contributed by atoms with Crippen LogP contribution in [-0.4, -0.2) is 30.1 Å². The van der Waals surface area contributed by atoms with E-state index in [9.17, 15) is 13.6 Å². The first-order valence-electron chi connectivity index (χ1n) is 4.33. The van der Waals surface area contributed by atoms with Crippen LogP contribution in [0.2, 0.25) is 0 Å². The Kier molecular flexibility index (Phi) is 5.29. The Bertz CT molecular complexity index is 202. The van der Waals surface area contributed by atoms with Gasteiger partial charge in [0.15, 0.2) is 0 Å². The highest BCUT2D eigenvalue weighted by Gasteiger charge is 2.40. The second kappa shape index (κ2) is 5.46. The molecule has 0 radical (unpaired) electrons. The third-order valence-corrected chi connectivity index (χ3v) is 2.32. The van der Waals surface area contributed by atoms with Gasteiger partial charge in [-0.25, -0.2) is 8.78 Å². The van der Waals surface area contributed by atoms with Crippen LogP contribution in [0.3, 0.4) is 0 Å². The molecule has 3 nitrogen and oxygen atoms in total. The first-order chi connectivity index (χ1) is 6.02. The highest BCUT2D eigenvalue weighted by molar-refractivity contribution is 5.85. The zero-order chi connectivity index (χ0) is 9.90. The molecule has 0 aromatic heterocycles. The summed E-state index contributed by atoms with van der Waals surface area (Å²) in [6.45, 7) is 0.747. The van der Waals surface area contributed by atoms with Crippen molar-refractivity contribution < 1.29 is 18.7 Å². The first kappa shape index (κ1) is 13.6. The highest BCUT2D eigenvalue weighted by atomic mass is 35.5. The average molecular weight is 230 g/mol. The summed E-state index contributed by atoms with van der Waals surface area (Å²) >= 11 is 0. The number of alkyl halides is 2. The molecule has 0 amide bonds. The van der Waals surface area contributed by atoms with Gasteiger partial charge in [-0.2, -0.15) is 0 Å². The van der Waals surface area contributed by atoms with E-state index in [0.717, 1.165) is 0 Å². The predicted molar refractivity (Wildman–Crippen MR) is 50.0 cm³/mol. The Morgan fingerprint density at radius 2 is 2.14 bits per heavy atom. The van der Waals surface area contributed by atoms with Crippen molar-refractivity contribution in [3.63, 3.8) is 0 Å². The van der Waals surface area contributed by atoms with Crippen LogP contribution in [0.25, 0.3) is 0 Å². The summed E-state index contributed by atoms with van der Waals surface area (Å²) in [7, 11) is 0. The molecule has 14 heavy (non-hydrogen) atoms. The third-order valence-electron chi connectivity index (χ3n) is 2.32. The lowest BCUT2D eigenvalue weighted by atomic mass is 9.93. The quantitative estimate of drug-likeness (QED) is 0.755. The van der Waals surface area contributed by atoms with E-state index in [4.69, 9.17) is 5.11 Å². The van der Waals surface area contributed by atoms with Gasteiger partial charge in [0.2, 0.25) is 0 Å². The maximum absolute atomic E-state index is 13.2. The van der Waals surface area contributed by atoms with Gasteiger partial charge in [-0.3, -0.25) is 4.79 Å². The Labute approximate surface area is 87.3 Å². The van der Waals surface area contributed by atoms with E-state index in [0.29, 0.717) is 6.54 Å². The summed E-state index contributed by atoms with van der Waals surface area (Å²) in [5.41, 5.74) is 0. The fourth-order valence-corrected chi connectivity index (χ4v) is 1.53. The number of hydrogen-bond acceptors (Lipinski definition) is 2. The van der Waals surface area contributed by atoms with Crippen LogP contribution in [0.1, 0.15) is 19.3 Å². The molecule has 0 saturated carbocycles. The summed E-state index contributed by atoms with van der Waals surface area (Å²) < 4.78 is 26.4. The van der Waals surface area contributed by atoms with E-state index < -0.39 is 24.2 Å². The number of rotatable bonds is 2. The second-order valence-corrected chi connectivity index (χ2v) is 3.34. The molecule has 0 bridgehead atoms. The van der Waals surface area contributed by atoms with Crippen molar-refractivity contribution in [2.75, 3.05) is 13.1 Å². The Balaban J connectivity index is 0.00000169. The SMILES string of the molecule is Cl.O=C(O)CC1CCNCCC1(F)F. The molecule has 1 atom stereocenters. The number of carbonyl (C=O) groups is 1. The van der Waals surface area contributed by atoms with Crippen molar-refractivity contribution in [2.45, 2.75) is 25.2 Å². The molecule has 2 N–H and O–H groups in total. The topological polar surface area (TPSA) is 49.3 Å². The van der Waals surface area contributed by atoms with Gasteiger partial charge in [0.25, 0.3) is 5.92 Å². The monoisotopic (exact) mass is 229 g/mol. The Morgan fingerprint density at radius 1 is 1.50 bits per heavy atom. The minimum Gasteiger partial charge on any atom is -0.481 e. The van der Waals surface area contributed by atoms with Gasteiger partial charge in [0.05, 0.1) is 6.42 Å². The van der Waals surface area contributed by atoms with Crippen molar-refractivity contribution in [3.05, 3.63) is 0 Å². The third kappa shape index (κ3) is 3.75. The van der Waals surface area contributed by atoms with E-state index in [1.165, 1.54) is 0 Å². The van der Waals surface area contributed by atoms with Crippen molar-refractivity contribution in [1.82, 2.24) is 5.32 Å². The Hall–Kier alpha value is -0.420. The summed E-state index contributed by atoms with van der Waals surface area (Å²) in [4.78, 5) is 10.3. The number of halogens is 3. The number of carboxylic acids is 1. The molecule has 1 aliphatic heterocycles. The lowest BCUT2D eigenvalue weighted by molar-refractivity contribution is -0.143. The van der Waals surface area contributed by atoms with Crippen LogP contribution in [0.15, 0.2) is 0 Å². The maximum atomic E-state index is 13.2. The first-order valence-corrected chi connectivity index (χ1v) is 4.33. The molecule has 0 aromatic carbocycles. The zero-order valence-corrected chi connectivity index (χ0v) is 8.45. The molecule has 1 fully saturated rings. The van der Waals surface area contributed by atoms with Crippen molar-refractivity contribution in [3.8, 4) is 0 Å². The number of carboxylic acid groups (broad SMARTS) is 1. The van der Waals surface area contributed by atoms with Crippen LogP contribution in [0.5, 0.6) is 0 Å². The largest absolute Gasteiger partial charge is 0.481 e. The molecule has 0 spiro atoms. The van der Waals surface area contributed by atoms with Crippen LogP contribution >= 0.6 is 12.4 Å². The van der Waals surface area contributed by atoms with Gasteiger partial charge in [-0.1, -0.05) is 0 Å². The van der Waals surface area contributed by atoms with Crippen molar-refractivity contribution in [1.29, 1.82) is 0 Å².